The Morgan fingerprint density at radius 2 is 1.59 bits per heavy atom. The molecule has 0 unspecified atom stereocenters. The fraction of sp³-hybridized carbons (Fsp3) is 0.211. The summed E-state index contributed by atoms with van der Waals surface area (Å²) in [4.78, 5) is 4.20. The van der Waals surface area contributed by atoms with Crippen molar-refractivity contribution in [3.63, 3.8) is 0 Å². The summed E-state index contributed by atoms with van der Waals surface area (Å²) >= 11 is 0. The predicted octanol–water partition coefficient (Wildman–Crippen LogP) is 4.15. The van der Waals surface area contributed by atoms with Crippen molar-refractivity contribution in [2.75, 3.05) is 14.2 Å². The van der Waals surface area contributed by atoms with E-state index >= 15 is 0 Å². The van der Waals surface area contributed by atoms with Crippen LogP contribution < -0.4 is 9.47 Å². The van der Waals surface area contributed by atoms with Gasteiger partial charge < -0.3 is 9.47 Å². The van der Waals surface area contributed by atoms with Gasteiger partial charge in [-0.25, -0.2) is 0 Å². The minimum absolute atomic E-state index is 0.768. The van der Waals surface area contributed by atoms with E-state index in [-0.39, 0.29) is 0 Å². The molecule has 0 amide bonds. The molecule has 112 valence electrons. The predicted molar refractivity (Wildman–Crippen MR) is 88.8 cm³/mol. The lowest BCUT2D eigenvalue weighted by atomic mass is 9.94. The summed E-state index contributed by atoms with van der Waals surface area (Å²) in [5.74, 6) is 1.83. The van der Waals surface area contributed by atoms with Crippen LogP contribution in [0, 0.1) is 6.92 Å². The van der Waals surface area contributed by atoms with Crippen LogP contribution in [0.2, 0.25) is 0 Å². The molecule has 0 saturated carbocycles. The third-order valence-electron chi connectivity index (χ3n) is 4.00. The number of ether oxygens (including phenoxy) is 2. The van der Waals surface area contributed by atoms with E-state index in [0.29, 0.717) is 0 Å². The largest absolute Gasteiger partial charge is 0.496 e. The summed E-state index contributed by atoms with van der Waals surface area (Å²) in [6.07, 6.45) is 4.44. The number of hydrogen-bond donors (Lipinski definition) is 0. The number of benzene rings is 2. The first kappa shape index (κ1) is 14.4. The summed E-state index contributed by atoms with van der Waals surface area (Å²) in [5.41, 5.74) is 3.41. The summed E-state index contributed by atoms with van der Waals surface area (Å²) in [5, 5.41) is 2.15. The lowest BCUT2D eigenvalue weighted by Crippen LogP contribution is -2.01. The highest BCUT2D eigenvalue weighted by atomic mass is 16.5. The SMILES string of the molecule is COc1c(C)c(Cc2cccnc2)c(OC)c2ccccc12. The molecule has 0 aliphatic heterocycles. The molecule has 0 aliphatic rings. The first-order chi connectivity index (χ1) is 10.8. The van der Waals surface area contributed by atoms with Crippen LogP contribution in [0.3, 0.4) is 0 Å². The maximum absolute atomic E-state index is 5.74. The van der Waals surface area contributed by atoms with Crippen LogP contribution >= 0.6 is 0 Å². The van der Waals surface area contributed by atoms with Crippen molar-refractivity contribution >= 4 is 10.8 Å². The van der Waals surface area contributed by atoms with Gasteiger partial charge in [0.1, 0.15) is 11.5 Å². The summed E-state index contributed by atoms with van der Waals surface area (Å²) < 4.78 is 11.4. The molecule has 3 nitrogen and oxygen atoms in total. The van der Waals surface area contributed by atoms with Gasteiger partial charge in [-0.05, 0) is 24.1 Å². The normalized spacial score (nSPS) is 10.7. The monoisotopic (exact) mass is 293 g/mol. The highest BCUT2D eigenvalue weighted by molar-refractivity contribution is 5.96. The van der Waals surface area contributed by atoms with Crippen LogP contribution in [0.4, 0.5) is 0 Å². The second kappa shape index (κ2) is 6.06. The zero-order chi connectivity index (χ0) is 15.5. The van der Waals surface area contributed by atoms with Gasteiger partial charge in [0.25, 0.3) is 0 Å². The summed E-state index contributed by atoms with van der Waals surface area (Å²) in [7, 11) is 3.44. The second-order valence-corrected chi connectivity index (χ2v) is 5.25. The molecule has 22 heavy (non-hydrogen) atoms. The van der Waals surface area contributed by atoms with Crippen LogP contribution in [0.25, 0.3) is 10.8 Å². The van der Waals surface area contributed by atoms with Gasteiger partial charge in [-0.2, -0.15) is 0 Å². The molecule has 0 atom stereocenters. The number of aromatic nitrogens is 1. The molecule has 3 rings (SSSR count). The zero-order valence-electron chi connectivity index (χ0n) is 13.1. The van der Waals surface area contributed by atoms with Crippen molar-refractivity contribution in [1.29, 1.82) is 0 Å². The summed E-state index contributed by atoms with van der Waals surface area (Å²) in [6.45, 7) is 2.08. The molecule has 3 aromatic rings. The van der Waals surface area contributed by atoms with E-state index in [1.54, 1.807) is 20.4 Å². The van der Waals surface area contributed by atoms with Gasteiger partial charge in [0.2, 0.25) is 0 Å². The van der Waals surface area contributed by atoms with Gasteiger partial charge in [0.15, 0.2) is 0 Å². The highest BCUT2D eigenvalue weighted by Crippen LogP contribution is 2.41. The van der Waals surface area contributed by atoms with Gasteiger partial charge in [0, 0.05) is 35.2 Å². The Morgan fingerprint density at radius 3 is 2.18 bits per heavy atom. The molecule has 0 N–H and O–H groups in total. The van der Waals surface area contributed by atoms with Crippen LogP contribution in [0.1, 0.15) is 16.7 Å². The van der Waals surface area contributed by atoms with Crippen molar-refractivity contribution in [2.24, 2.45) is 0 Å². The van der Waals surface area contributed by atoms with E-state index < -0.39 is 0 Å². The number of nitrogens with zero attached hydrogens (tertiary/aromatic N) is 1. The van der Waals surface area contributed by atoms with E-state index in [1.165, 1.54) is 0 Å². The van der Waals surface area contributed by atoms with Crippen LogP contribution in [0.15, 0.2) is 48.8 Å². The first-order valence-electron chi connectivity index (χ1n) is 7.27. The molecular formula is C19H19NO2. The average Bonchev–Trinajstić information content (AvgIpc) is 2.57. The smallest absolute Gasteiger partial charge is 0.130 e. The minimum atomic E-state index is 0.768. The fourth-order valence-corrected chi connectivity index (χ4v) is 2.97. The number of hydrogen-bond acceptors (Lipinski definition) is 3. The van der Waals surface area contributed by atoms with E-state index in [1.807, 2.05) is 24.4 Å². The first-order valence-corrected chi connectivity index (χ1v) is 7.27. The molecule has 0 aliphatic carbocycles. The van der Waals surface area contributed by atoms with Crippen LogP contribution in [-0.4, -0.2) is 19.2 Å². The van der Waals surface area contributed by atoms with E-state index in [4.69, 9.17) is 9.47 Å². The zero-order valence-corrected chi connectivity index (χ0v) is 13.1. The Kier molecular flexibility index (Phi) is 3.96. The highest BCUT2D eigenvalue weighted by Gasteiger charge is 2.18. The van der Waals surface area contributed by atoms with Crippen molar-refractivity contribution < 1.29 is 9.47 Å². The van der Waals surface area contributed by atoms with E-state index in [0.717, 1.165) is 45.4 Å². The van der Waals surface area contributed by atoms with Crippen molar-refractivity contribution in [1.82, 2.24) is 4.98 Å². The molecule has 1 aromatic heterocycles. The number of methoxy groups -OCH3 is 2. The van der Waals surface area contributed by atoms with Gasteiger partial charge in [0.05, 0.1) is 14.2 Å². The molecule has 1 heterocycles. The Bertz CT molecular complexity index is 797. The lowest BCUT2D eigenvalue weighted by Gasteiger charge is -2.19. The minimum Gasteiger partial charge on any atom is -0.496 e. The molecule has 0 saturated heterocycles. The van der Waals surface area contributed by atoms with Crippen molar-refractivity contribution in [3.05, 3.63) is 65.5 Å². The number of fused-ring (bicyclic) bond motifs is 1. The maximum atomic E-state index is 5.74. The lowest BCUT2D eigenvalue weighted by molar-refractivity contribution is 0.404. The Labute approximate surface area is 130 Å². The molecule has 0 radical (unpaired) electrons. The molecule has 3 heteroatoms. The van der Waals surface area contributed by atoms with Gasteiger partial charge in [-0.15, -0.1) is 0 Å². The Hall–Kier alpha value is -2.55. The topological polar surface area (TPSA) is 31.4 Å². The Balaban J connectivity index is 2.26. The number of rotatable bonds is 4. The molecule has 0 fully saturated rings. The average molecular weight is 293 g/mol. The number of pyridine rings is 1. The van der Waals surface area contributed by atoms with Crippen molar-refractivity contribution in [2.45, 2.75) is 13.3 Å². The van der Waals surface area contributed by atoms with Crippen molar-refractivity contribution in [3.8, 4) is 11.5 Å². The Morgan fingerprint density at radius 1 is 0.909 bits per heavy atom. The van der Waals surface area contributed by atoms with Crippen LogP contribution in [-0.2, 0) is 6.42 Å². The quantitative estimate of drug-likeness (QED) is 0.724. The molecule has 0 spiro atoms. The van der Waals surface area contributed by atoms with E-state index in [9.17, 15) is 0 Å². The molecule has 2 aromatic carbocycles. The second-order valence-electron chi connectivity index (χ2n) is 5.25. The third-order valence-corrected chi connectivity index (χ3v) is 4.00. The fourth-order valence-electron chi connectivity index (χ4n) is 2.97. The van der Waals surface area contributed by atoms with Gasteiger partial charge >= 0.3 is 0 Å². The van der Waals surface area contributed by atoms with E-state index in [2.05, 4.69) is 30.1 Å². The standard InChI is InChI=1S/C19H19NO2/c1-13-17(11-14-7-6-10-20-12-14)19(22-3)16-9-5-4-8-15(16)18(13)21-2/h4-10,12H,11H2,1-3H3. The third kappa shape index (κ3) is 2.39. The van der Waals surface area contributed by atoms with Crippen LogP contribution in [0.5, 0.6) is 11.5 Å². The molecule has 0 bridgehead atoms. The maximum Gasteiger partial charge on any atom is 0.130 e. The molecular weight excluding hydrogens is 274 g/mol. The summed E-state index contributed by atoms with van der Waals surface area (Å²) in [6, 6.07) is 12.2. The van der Waals surface area contributed by atoms with Gasteiger partial charge in [-0.3, -0.25) is 4.98 Å². The van der Waals surface area contributed by atoms with Gasteiger partial charge in [-0.1, -0.05) is 30.3 Å².